The van der Waals surface area contributed by atoms with Crippen molar-refractivity contribution < 1.29 is 9.53 Å². The monoisotopic (exact) mass is 279 g/mol. The number of fused-ring (bicyclic) bond motifs is 1. The Labute approximate surface area is 123 Å². The van der Waals surface area contributed by atoms with Gasteiger partial charge in [0.2, 0.25) is 0 Å². The van der Waals surface area contributed by atoms with E-state index in [9.17, 15) is 4.79 Å². The highest BCUT2D eigenvalue weighted by atomic mass is 16.5. The molecule has 3 rings (SSSR count). The van der Waals surface area contributed by atoms with Gasteiger partial charge in [-0.15, -0.1) is 0 Å². The fraction of sp³-hybridized carbons (Fsp3) is 0.167. The zero-order valence-electron chi connectivity index (χ0n) is 11.9. The van der Waals surface area contributed by atoms with E-state index in [1.54, 1.807) is 6.20 Å². The summed E-state index contributed by atoms with van der Waals surface area (Å²) in [6, 6.07) is 16.4. The zero-order valence-corrected chi connectivity index (χ0v) is 11.9. The van der Waals surface area contributed by atoms with Gasteiger partial charge >= 0.3 is 5.97 Å². The second-order valence-electron chi connectivity index (χ2n) is 4.97. The molecule has 1 heterocycles. The average molecular weight is 279 g/mol. The molecule has 0 saturated heterocycles. The van der Waals surface area contributed by atoms with E-state index in [-0.39, 0.29) is 5.97 Å². The fourth-order valence-electron chi connectivity index (χ4n) is 2.49. The van der Waals surface area contributed by atoms with Gasteiger partial charge in [-0.2, -0.15) is 0 Å². The van der Waals surface area contributed by atoms with E-state index in [1.807, 2.05) is 31.2 Å². The number of aromatic amines is 1. The van der Waals surface area contributed by atoms with E-state index >= 15 is 0 Å². The molecule has 0 atom stereocenters. The van der Waals surface area contributed by atoms with Crippen molar-refractivity contribution in [2.45, 2.75) is 13.3 Å². The summed E-state index contributed by atoms with van der Waals surface area (Å²) in [7, 11) is 0. The number of esters is 1. The third-order valence-corrected chi connectivity index (χ3v) is 3.49. The minimum Gasteiger partial charge on any atom is -0.462 e. The molecule has 1 aromatic heterocycles. The van der Waals surface area contributed by atoms with Crippen LogP contribution in [0.3, 0.4) is 0 Å². The molecule has 0 radical (unpaired) electrons. The molecule has 21 heavy (non-hydrogen) atoms. The lowest BCUT2D eigenvalue weighted by Crippen LogP contribution is -2.03. The zero-order chi connectivity index (χ0) is 14.7. The van der Waals surface area contributed by atoms with Crippen LogP contribution in [0.15, 0.2) is 54.7 Å². The number of hydrogen-bond acceptors (Lipinski definition) is 2. The van der Waals surface area contributed by atoms with Gasteiger partial charge in [0.15, 0.2) is 0 Å². The second-order valence-corrected chi connectivity index (χ2v) is 4.97. The Morgan fingerprint density at radius 1 is 1.10 bits per heavy atom. The summed E-state index contributed by atoms with van der Waals surface area (Å²) in [6.07, 6.45) is 2.57. The number of carbonyl (C=O) groups excluding carboxylic acids is 1. The molecule has 3 aromatic rings. The molecule has 0 saturated carbocycles. The van der Waals surface area contributed by atoms with Crippen molar-refractivity contribution in [1.82, 2.24) is 4.98 Å². The molecule has 0 fully saturated rings. The van der Waals surface area contributed by atoms with Gasteiger partial charge in [0.05, 0.1) is 12.2 Å². The van der Waals surface area contributed by atoms with E-state index in [1.165, 1.54) is 11.1 Å². The molecule has 0 aliphatic heterocycles. The summed E-state index contributed by atoms with van der Waals surface area (Å²) < 4.78 is 5.09. The third kappa shape index (κ3) is 2.82. The Morgan fingerprint density at radius 3 is 2.67 bits per heavy atom. The Balaban J connectivity index is 1.95. The topological polar surface area (TPSA) is 42.1 Å². The van der Waals surface area contributed by atoms with Crippen LogP contribution in [-0.4, -0.2) is 17.6 Å². The molecule has 0 aliphatic rings. The Morgan fingerprint density at radius 2 is 1.90 bits per heavy atom. The highest BCUT2D eigenvalue weighted by Gasteiger charge is 2.13. The van der Waals surface area contributed by atoms with Crippen molar-refractivity contribution in [1.29, 1.82) is 0 Å². The highest BCUT2D eigenvalue weighted by molar-refractivity contribution is 6.04. The van der Waals surface area contributed by atoms with E-state index in [2.05, 4.69) is 29.2 Å². The first kappa shape index (κ1) is 13.4. The molecule has 1 N–H and O–H groups in total. The molecule has 0 bridgehead atoms. The quantitative estimate of drug-likeness (QED) is 0.735. The number of rotatable bonds is 4. The average Bonchev–Trinajstić information content (AvgIpc) is 2.92. The maximum Gasteiger partial charge on any atom is 0.340 e. The minimum absolute atomic E-state index is 0.277. The van der Waals surface area contributed by atoms with Gasteiger partial charge in [-0.05, 0) is 36.6 Å². The summed E-state index contributed by atoms with van der Waals surface area (Å²) >= 11 is 0. The smallest absolute Gasteiger partial charge is 0.340 e. The van der Waals surface area contributed by atoms with Crippen molar-refractivity contribution in [3.8, 4) is 0 Å². The maximum atomic E-state index is 11.9. The Bertz CT molecular complexity index is 759. The number of hydrogen-bond donors (Lipinski definition) is 1. The number of H-pyrrole nitrogens is 1. The molecule has 3 nitrogen and oxygen atoms in total. The lowest BCUT2D eigenvalue weighted by Gasteiger charge is -2.04. The van der Waals surface area contributed by atoms with Crippen LogP contribution in [0, 0.1) is 0 Å². The third-order valence-electron chi connectivity index (χ3n) is 3.49. The van der Waals surface area contributed by atoms with Gasteiger partial charge in [0.25, 0.3) is 0 Å². The number of carbonyl (C=O) groups is 1. The molecule has 106 valence electrons. The summed E-state index contributed by atoms with van der Waals surface area (Å²) in [6.45, 7) is 2.20. The van der Waals surface area contributed by atoms with Gasteiger partial charge in [0.1, 0.15) is 0 Å². The van der Waals surface area contributed by atoms with Crippen LogP contribution < -0.4 is 0 Å². The first-order chi connectivity index (χ1) is 10.3. The molecule has 0 amide bonds. The second kappa shape index (κ2) is 5.83. The van der Waals surface area contributed by atoms with Crippen LogP contribution in [0.4, 0.5) is 0 Å². The van der Waals surface area contributed by atoms with Crippen LogP contribution >= 0.6 is 0 Å². The number of ether oxygens (including phenoxy) is 1. The van der Waals surface area contributed by atoms with E-state index in [0.717, 1.165) is 17.3 Å². The van der Waals surface area contributed by atoms with Gasteiger partial charge in [-0.1, -0.05) is 36.4 Å². The first-order valence-corrected chi connectivity index (χ1v) is 7.09. The Hall–Kier alpha value is -2.55. The molecular weight excluding hydrogens is 262 g/mol. The Kier molecular flexibility index (Phi) is 3.73. The van der Waals surface area contributed by atoms with Crippen molar-refractivity contribution in [2.24, 2.45) is 0 Å². The van der Waals surface area contributed by atoms with Gasteiger partial charge in [0, 0.05) is 17.1 Å². The minimum atomic E-state index is -0.277. The molecule has 0 unspecified atom stereocenters. The van der Waals surface area contributed by atoms with E-state index in [0.29, 0.717) is 12.2 Å². The SMILES string of the molecule is CCOC(=O)c1c[nH]c2ccc(Cc3ccccc3)cc12. The lowest BCUT2D eigenvalue weighted by atomic mass is 10.0. The standard InChI is InChI=1S/C18H17NO2/c1-2-21-18(20)16-12-19-17-9-8-14(11-15(16)17)10-13-6-4-3-5-7-13/h3-9,11-12,19H,2,10H2,1H3. The number of benzene rings is 2. The van der Waals surface area contributed by atoms with Crippen molar-refractivity contribution >= 4 is 16.9 Å². The van der Waals surface area contributed by atoms with Crippen molar-refractivity contribution in [3.05, 3.63) is 71.4 Å². The summed E-state index contributed by atoms with van der Waals surface area (Å²) in [4.78, 5) is 15.1. The maximum absolute atomic E-state index is 11.9. The normalized spacial score (nSPS) is 10.7. The van der Waals surface area contributed by atoms with Crippen LogP contribution in [0.1, 0.15) is 28.4 Å². The summed E-state index contributed by atoms with van der Waals surface area (Å²) in [5, 5.41) is 0.918. The number of nitrogens with one attached hydrogen (secondary N) is 1. The predicted molar refractivity (Wildman–Crippen MR) is 83.5 cm³/mol. The van der Waals surface area contributed by atoms with Crippen LogP contribution in [0.2, 0.25) is 0 Å². The summed E-state index contributed by atoms with van der Waals surface area (Å²) in [5.74, 6) is -0.277. The van der Waals surface area contributed by atoms with Gasteiger partial charge in [-0.3, -0.25) is 0 Å². The van der Waals surface area contributed by atoms with Crippen LogP contribution in [0.5, 0.6) is 0 Å². The predicted octanol–water partition coefficient (Wildman–Crippen LogP) is 3.94. The molecule has 0 spiro atoms. The molecule has 3 heteroatoms. The lowest BCUT2D eigenvalue weighted by molar-refractivity contribution is 0.0529. The molecule has 0 aliphatic carbocycles. The van der Waals surface area contributed by atoms with Crippen molar-refractivity contribution in [3.63, 3.8) is 0 Å². The first-order valence-electron chi connectivity index (χ1n) is 7.09. The summed E-state index contributed by atoms with van der Waals surface area (Å²) in [5.41, 5.74) is 3.99. The van der Waals surface area contributed by atoms with Crippen LogP contribution in [0.25, 0.3) is 10.9 Å². The fourth-order valence-corrected chi connectivity index (χ4v) is 2.49. The molecular formula is C18H17NO2. The highest BCUT2D eigenvalue weighted by Crippen LogP contribution is 2.22. The largest absolute Gasteiger partial charge is 0.462 e. The van der Waals surface area contributed by atoms with E-state index in [4.69, 9.17) is 4.74 Å². The van der Waals surface area contributed by atoms with E-state index < -0.39 is 0 Å². The number of aromatic nitrogens is 1. The molecule has 2 aromatic carbocycles. The van der Waals surface area contributed by atoms with Crippen molar-refractivity contribution in [2.75, 3.05) is 6.61 Å². The van der Waals surface area contributed by atoms with Gasteiger partial charge in [-0.25, -0.2) is 4.79 Å². The van der Waals surface area contributed by atoms with Crippen LogP contribution in [-0.2, 0) is 11.2 Å². The van der Waals surface area contributed by atoms with Gasteiger partial charge < -0.3 is 9.72 Å².